The van der Waals surface area contributed by atoms with Gasteiger partial charge in [0.05, 0.1) is 5.70 Å². The van der Waals surface area contributed by atoms with Crippen molar-refractivity contribution in [2.75, 3.05) is 0 Å². The lowest BCUT2D eigenvalue weighted by molar-refractivity contribution is 1.50. The van der Waals surface area contributed by atoms with Crippen LogP contribution in [0.15, 0.2) is 103 Å². The maximum atomic E-state index is 4.80. The number of hydrogen-bond acceptors (Lipinski definition) is 1. The fourth-order valence-electron chi connectivity index (χ4n) is 3.22. The Morgan fingerprint density at radius 1 is 0.962 bits per heavy atom. The SMILES string of the molecule is C=C/C=C\C(=C/C)C(C)=NC(=C)c1cc2ccccc2c2ccccc12. The van der Waals surface area contributed by atoms with Crippen molar-refractivity contribution in [1.29, 1.82) is 0 Å². The molecule has 0 saturated heterocycles. The first kappa shape index (κ1) is 17.6. The van der Waals surface area contributed by atoms with E-state index in [1.54, 1.807) is 6.08 Å². The van der Waals surface area contributed by atoms with Crippen LogP contribution >= 0.6 is 0 Å². The van der Waals surface area contributed by atoms with Gasteiger partial charge in [0, 0.05) is 11.3 Å². The van der Waals surface area contributed by atoms with E-state index in [1.807, 2.05) is 32.1 Å². The van der Waals surface area contributed by atoms with Gasteiger partial charge in [-0.1, -0.05) is 86.0 Å². The first-order chi connectivity index (χ1) is 12.7. The Kier molecular flexibility index (Phi) is 5.28. The lowest BCUT2D eigenvalue weighted by Gasteiger charge is -2.11. The second-order valence-electron chi connectivity index (χ2n) is 6.17. The van der Waals surface area contributed by atoms with E-state index in [0.717, 1.165) is 22.5 Å². The fraction of sp³-hybridized carbons (Fsp3) is 0.0800. The van der Waals surface area contributed by atoms with E-state index in [9.17, 15) is 0 Å². The minimum absolute atomic E-state index is 0.774. The van der Waals surface area contributed by atoms with Gasteiger partial charge in [0.2, 0.25) is 0 Å². The van der Waals surface area contributed by atoms with Gasteiger partial charge in [-0.05, 0) is 47.0 Å². The summed E-state index contributed by atoms with van der Waals surface area (Å²) in [6, 6.07) is 19.1. The first-order valence-corrected chi connectivity index (χ1v) is 8.76. The topological polar surface area (TPSA) is 12.4 Å². The zero-order valence-electron chi connectivity index (χ0n) is 15.4. The third-order valence-corrected chi connectivity index (χ3v) is 4.52. The predicted molar refractivity (Wildman–Crippen MR) is 117 cm³/mol. The van der Waals surface area contributed by atoms with E-state index >= 15 is 0 Å². The molecular formula is C25H23N. The summed E-state index contributed by atoms with van der Waals surface area (Å²) in [5.41, 5.74) is 3.85. The van der Waals surface area contributed by atoms with Crippen molar-refractivity contribution in [3.05, 3.63) is 103 Å². The number of nitrogens with zero attached hydrogens (tertiary/aromatic N) is 1. The van der Waals surface area contributed by atoms with Gasteiger partial charge in [-0.25, -0.2) is 0 Å². The molecular weight excluding hydrogens is 314 g/mol. The Morgan fingerprint density at radius 2 is 1.62 bits per heavy atom. The van der Waals surface area contributed by atoms with Gasteiger partial charge in [0.25, 0.3) is 0 Å². The molecule has 0 spiro atoms. The molecule has 128 valence electrons. The summed E-state index contributed by atoms with van der Waals surface area (Å²) in [7, 11) is 0. The van der Waals surface area contributed by atoms with Crippen LogP contribution in [0.4, 0.5) is 0 Å². The Morgan fingerprint density at radius 3 is 2.31 bits per heavy atom. The number of hydrogen-bond donors (Lipinski definition) is 0. The number of rotatable bonds is 5. The van der Waals surface area contributed by atoms with E-state index in [0.29, 0.717) is 0 Å². The van der Waals surface area contributed by atoms with E-state index in [1.165, 1.54) is 21.5 Å². The highest BCUT2D eigenvalue weighted by atomic mass is 14.8. The van der Waals surface area contributed by atoms with Crippen molar-refractivity contribution in [2.45, 2.75) is 13.8 Å². The molecule has 0 aromatic heterocycles. The molecule has 0 aliphatic carbocycles. The number of fused-ring (bicyclic) bond motifs is 3. The van der Waals surface area contributed by atoms with Crippen LogP contribution in [0.25, 0.3) is 27.2 Å². The summed E-state index contributed by atoms with van der Waals surface area (Å²) in [6.45, 7) is 12.0. The Labute approximate surface area is 155 Å². The van der Waals surface area contributed by atoms with Crippen LogP contribution in [-0.4, -0.2) is 5.71 Å². The Hall–Kier alpha value is -3.19. The van der Waals surface area contributed by atoms with Gasteiger partial charge in [-0.2, -0.15) is 0 Å². The predicted octanol–water partition coefficient (Wildman–Crippen LogP) is 7.11. The maximum absolute atomic E-state index is 4.80. The minimum atomic E-state index is 0.774. The van der Waals surface area contributed by atoms with Crippen molar-refractivity contribution in [3.8, 4) is 0 Å². The molecule has 3 rings (SSSR count). The van der Waals surface area contributed by atoms with Crippen LogP contribution in [-0.2, 0) is 0 Å². The second-order valence-corrected chi connectivity index (χ2v) is 6.17. The van der Waals surface area contributed by atoms with Crippen LogP contribution in [0.3, 0.4) is 0 Å². The summed E-state index contributed by atoms with van der Waals surface area (Å²) in [4.78, 5) is 4.80. The fourth-order valence-corrected chi connectivity index (χ4v) is 3.22. The minimum Gasteiger partial charge on any atom is -0.253 e. The number of allylic oxidation sites excluding steroid dienone is 5. The second kappa shape index (κ2) is 7.79. The highest BCUT2D eigenvalue weighted by Crippen LogP contribution is 2.32. The quantitative estimate of drug-likeness (QED) is 0.267. The molecule has 0 heterocycles. The zero-order valence-corrected chi connectivity index (χ0v) is 15.4. The molecule has 26 heavy (non-hydrogen) atoms. The highest BCUT2D eigenvalue weighted by molar-refractivity contribution is 6.12. The van der Waals surface area contributed by atoms with Gasteiger partial charge in [-0.15, -0.1) is 0 Å². The third-order valence-electron chi connectivity index (χ3n) is 4.52. The summed E-state index contributed by atoms with van der Waals surface area (Å²) in [5.74, 6) is 0. The van der Waals surface area contributed by atoms with Crippen LogP contribution in [0, 0.1) is 0 Å². The molecule has 3 aromatic carbocycles. The normalized spacial score (nSPS) is 12.8. The first-order valence-electron chi connectivity index (χ1n) is 8.76. The van der Waals surface area contributed by atoms with Gasteiger partial charge in [0.1, 0.15) is 0 Å². The summed E-state index contributed by atoms with van der Waals surface area (Å²) in [6.07, 6.45) is 7.74. The molecule has 0 aliphatic heterocycles. The standard InChI is InChI=1S/C25H23N/c1-5-7-12-20(6-2)18(3)26-19(4)25-17-21-13-8-9-14-22(21)23-15-10-11-16-24(23)25/h5-17H,1,4H2,2-3H3/b12-7-,20-6+,26-18?. The average Bonchev–Trinajstić information content (AvgIpc) is 2.68. The monoisotopic (exact) mass is 337 g/mol. The average molecular weight is 337 g/mol. The molecule has 1 nitrogen and oxygen atoms in total. The molecule has 0 bridgehead atoms. The smallest absolute Gasteiger partial charge is 0.0640 e. The number of benzene rings is 3. The molecule has 0 fully saturated rings. The van der Waals surface area contributed by atoms with Gasteiger partial charge in [0.15, 0.2) is 0 Å². The lowest BCUT2D eigenvalue weighted by atomic mass is 9.96. The van der Waals surface area contributed by atoms with Gasteiger partial charge >= 0.3 is 0 Å². The van der Waals surface area contributed by atoms with Gasteiger partial charge in [-0.3, -0.25) is 4.99 Å². The summed E-state index contributed by atoms with van der Waals surface area (Å²) in [5, 5.41) is 4.86. The molecule has 0 aliphatic rings. The van der Waals surface area contributed by atoms with Crippen molar-refractivity contribution < 1.29 is 0 Å². The number of aliphatic imine (C=N–C) groups is 1. The summed E-state index contributed by atoms with van der Waals surface area (Å²) < 4.78 is 0. The molecule has 0 unspecified atom stereocenters. The van der Waals surface area contributed by atoms with Crippen LogP contribution in [0.5, 0.6) is 0 Å². The van der Waals surface area contributed by atoms with Crippen LogP contribution in [0.2, 0.25) is 0 Å². The summed E-state index contributed by atoms with van der Waals surface area (Å²) >= 11 is 0. The lowest BCUT2D eigenvalue weighted by Crippen LogP contribution is -1.96. The molecule has 0 amide bonds. The van der Waals surface area contributed by atoms with Crippen molar-refractivity contribution in [1.82, 2.24) is 0 Å². The van der Waals surface area contributed by atoms with Crippen LogP contribution < -0.4 is 0 Å². The molecule has 1 heteroatoms. The van der Waals surface area contributed by atoms with E-state index in [-0.39, 0.29) is 0 Å². The molecule has 0 saturated carbocycles. The maximum Gasteiger partial charge on any atom is 0.0640 e. The van der Waals surface area contributed by atoms with Crippen molar-refractivity contribution >= 4 is 33.0 Å². The van der Waals surface area contributed by atoms with E-state index < -0.39 is 0 Å². The molecule has 0 atom stereocenters. The van der Waals surface area contributed by atoms with Gasteiger partial charge < -0.3 is 0 Å². The van der Waals surface area contributed by atoms with Crippen LogP contribution in [0.1, 0.15) is 19.4 Å². The van der Waals surface area contributed by atoms with Crippen molar-refractivity contribution in [3.63, 3.8) is 0 Å². The third kappa shape index (κ3) is 3.43. The molecule has 0 radical (unpaired) electrons. The molecule has 3 aromatic rings. The molecule has 0 N–H and O–H groups in total. The largest absolute Gasteiger partial charge is 0.253 e. The van der Waals surface area contributed by atoms with Crippen molar-refractivity contribution in [2.24, 2.45) is 4.99 Å². The highest BCUT2D eigenvalue weighted by Gasteiger charge is 2.09. The Balaban J connectivity index is 2.14. The zero-order chi connectivity index (χ0) is 18.5. The van der Waals surface area contributed by atoms with E-state index in [4.69, 9.17) is 4.99 Å². The van der Waals surface area contributed by atoms with E-state index in [2.05, 4.69) is 67.8 Å². The Bertz CT molecular complexity index is 1080.